The lowest BCUT2D eigenvalue weighted by molar-refractivity contribution is 0.170. The van der Waals surface area contributed by atoms with E-state index in [2.05, 4.69) is 23.9 Å². The molecule has 0 saturated carbocycles. The van der Waals surface area contributed by atoms with Gasteiger partial charge in [0.05, 0.1) is 16.1 Å². The Morgan fingerprint density at radius 1 is 1.19 bits per heavy atom. The predicted molar refractivity (Wildman–Crippen MR) is 84.7 cm³/mol. The minimum Gasteiger partial charge on any atom is -0.392 e. The topological polar surface area (TPSA) is 50.9 Å². The van der Waals surface area contributed by atoms with Crippen molar-refractivity contribution >= 4 is 23.2 Å². The number of rotatable bonds is 6. The Kier molecular flexibility index (Phi) is 5.62. The summed E-state index contributed by atoms with van der Waals surface area (Å²) in [6.07, 6.45) is 1.97. The Bertz CT molecular complexity index is 598. The van der Waals surface area contributed by atoms with Crippen molar-refractivity contribution in [1.82, 2.24) is 14.8 Å². The molecule has 21 heavy (non-hydrogen) atoms. The van der Waals surface area contributed by atoms with Gasteiger partial charge in [0.1, 0.15) is 12.2 Å². The van der Waals surface area contributed by atoms with E-state index in [1.54, 1.807) is 12.1 Å². The van der Waals surface area contributed by atoms with Gasteiger partial charge < -0.3 is 5.11 Å². The molecule has 0 aliphatic rings. The number of aromatic nitrogens is 3. The number of nitrogens with zero attached hydrogens (tertiary/aromatic N) is 3. The van der Waals surface area contributed by atoms with Crippen molar-refractivity contribution < 1.29 is 5.11 Å². The molecule has 1 heterocycles. The van der Waals surface area contributed by atoms with Crippen LogP contribution in [0.2, 0.25) is 10.0 Å². The first-order chi connectivity index (χ1) is 9.95. The molecule has 1 N–H and O–H groups in total. The maximum absolute atomic E-state index is 10.2. The summed E-state index contributed by atoms with van der Waals surface area (Å²) in [4.78, 5) is 4.23. The average Bonchev–Trinajstić information content (AvgIpc) is 2.80. The predicted octanol–water partition coefficient (Wildman–Crippen LogP) is 3.39. The van der Waals surface area contributed by atoms with E-state index in [9.17, 15) is 5.11 Å². The summed E-state index contributed by atoms with van der Waals surface area (Å²) in [5.41, 5.74) is 0.951. The Labute approximate surface area is 134 Å². The smallest absolute Gasteiger partial charge is 0.138 e. The van der Waals surface area contributed by atoms with Gasteiger partial charge in [-0.25, -0.2) is 9.67 Å². The molecule has 0 spiro atoms. The second kappa shape index (κ2) is 7.25. The van der Waals surface area contributed by atoms with Crippen molar-refractivity contribution in [3.05, 3.63) is 46.0 Å². The molecular formula is C15H19Cl2N3O. The lowest BCUT2D eigenvalue weighted by Gasteiger charge is -2.13. The van der Waals surface area contributed by atoms with Crippen molar-refractivity contribution in [2.75, 3.05) is 0 Å². The second-order valence-electron chi connectivity index (χ2n) is 5.56. The van der Waals surface area contributed by atoms with E-state index >= 15 is 0 Å². The molecule has 0 aliphatic carbocycles. The van der Waals surface area contributed by atoms with E-state index in [1.165, 1.54) is 6.33 Å². The van der Waals surface area contributed by atoms with E-state index in [0.717, 1.165) is 17.9 Å². The van der Waals surface area contributed by atoms with Crippen LogP contribution in [0.4, 0.5) is 0 Å². The van der Waals surface area contributed by atoms with Crippen LogP contribution in [0.5, 0.6) is 0 Å². The van der Waals surface area contributed by atoms with Crippen molar-refractivity contribution in [3.8, 4) is 0 Å². The van der Waals surface area contributed by atoms with Gasteiger partial charge in [-0.1, -0.05) is 43.1 Å². The first kappa shape index (κ1) is 16.3. The minimum atomic E-state index is -0.530. The van der Waals surface area contributed by atoms with E-state index in [4.69, 9.17) is 23.2 Å². The summed E-state index contributed by atoms with van der Waals surface area (Å²) >= 11 is 11.9. The van der Waals surface area contributed by atoms with E-state index in [0.29, 0.717) is 28.8 Å². The molecule has 1 aromatic heterocycles. The second-order valence-corrected chi connectivity index (χ2v) is 6.38. The molecule has 0 bridgehead atoms. The minimum absolute atomic E-state index is 0.465. The molecular weight excluding hydrogens is 309 g/mol. The fraction of sp³-hybridized carbons (Fsp3) is 0.467. The van der Waals surface area contributed by atoms with Gasteiger partial charge in [0, 0.05) is 13.0 Å². The fourth-order valence-corrected chi connectivity index (χ4v) is 2.49. The van der Waals surface area contributed by atoms with Crippen LogP contribution in [0.15, 0.2) is 24.5 Å². The third-order valence-electron chi connectivity index (χ3n) is 3.11. The third-order valence-corrected chi connectivity index (χ3v) is 3.85. The Hall–Kier alpha value is -1.10. The van der Waals surface area contributed by atoms with Gasteiger partial charge in [0.15, 0.2) is 0 Å². The first-order valence-corrected chi connectivity index (χ1v) is 7.70. The lowest BCUT2D eigenvalue weighted by Crippen LogP contribution is -2.19. The van der Waals surface area contributed by atoms with E-state index in [-0.39, 0.29) is 0 Å². The standard InChI is InChI=1S/C15H19Cl2N3O/c1-10(2)8-20-15(18-9-19-20)7-12(21)5-11-3-4-13(16)14(17)6-11/h3-4,6,9-10,12,21H,5,7-8H2,1-2H3. The fourth-order valence-electron chi connectivity index (χ4n) is 2.17. The van der Waals surface area contributed by atoms with Crippen molar-refractivity contribution in [1.29, 1.82) is 0 Å². The van der Waals surface area contributed by atoms with Crippen molar-refractivity contribution in [2.24, 2.45) is 5.92 Å². The van der Waals surface area contributed by atoms with Gasteiger partial charge in [-0.2, -0.15) is 5.10 Å². The van der Waals surface area contributed by atoms with Crippen LogP contribution >= 0.6 is 23.2 Å². The van der Waals surface area contributed by atoms with E-state index in [1.807, 2.05) is 10.7 Å². The summed E-state index contributed by atoms with van der Waals surface area (Å²) in [7, 11) is 0. The zero-order valence-corrected chi connectivity index (χ0v) is 13.6. The highest BCUT2D eigenvalue weighted by Crippen LogP contribution is 2.23. The number of halogens is 2. The van der Waals surface area contributed by atoms with Crippen LogP contribution in [0, 0.1) is 5.92 Å². The Morgan fingerprint density at radius 2 is 1.95 bits per heavy atom. The number of hydrogen-bond acceptors (Lipinski definition) is 3. The molecule has 1 aromatic carbocycles. The maximum Gasteiger partial charge on any atom is 0.138 e. The molecule has 0 aliphatic heterocycles. The van der Waals surface area contributed by atoms with Crippen molar-refractivity contribution in [2.45, 2.75) is 39.3 Å². The molecule has 0 radical (unpaired) electrons. The number of benzene rings is 1. The monoisotopic (exact) mass is 327 g/mol. The summed E-state index contributed by atoms with van der Waals surface area (Å²) < 4.78 is 1.85. The number of aliphatic hydroxyl groups excluding tert-OH is 1. The number of aliphatic hydroxyl groups is 1. The normalized spacial score (nSPS) is 12.9. The van der Waals surface area contributed by atoms with E-state index < -0.39 is 6.10 Å². The third kappa shape index (κ3) is 4.70. The summed E-state index contributed by atoms with van der Waals surface area (Å²) in [5, 5.41) is 15.5. The number of hydrogen-bond donors (Lipinski definition) is 1. The molecule has 1 unspecified atom stereocenters. The molecule has 0 fully saturated rings. The van der Waals surface area contributed by atoms with Crippen LogP contribution in [0.1, 0.15) is 25.2 Å². The molecule has 6 heteroatoms. The average molecular weight is 328 g/mol. The van der Waals surface area contributed by atoms with Crippen molar-refractivity contribution in [3.63, 3.8) is 0 Å². The van der Waals surface area contributed by atoms with Crippen LogP contribution in [-0.2, 0) is 19.4 Å². The highest BCUT2D eigenvalue weighted by atomic mass is 35.5. The lowest BCUT2D eigenvalue weighted by atomic mass is 10.1. The van der Waals surface area contributed by atoms with Crippen LogP contribution < -0.4 is 0 Å². The Morgan fingerprint density at radius 3 is 2.62 bits per heavy atom. The molecule has 0 amide bonds. The summed E-state index contributed by atoms with van der Waals surface area (Å²) in [6.45, 7) is 5.05. The highest BCUT2D eigenvalue weighted by molar-refractivity contribution is 6.42. The molecule has 2 aromatic rings. The largest absolute Gasteiger partial charge is 0.392 e. The van der Waals surface area contributed by atoms with Gasteiger partial charge in [0.2, 0.25) is 0 Å². The van der Waals surface area contributed by atoms with Gasteiger partial charge in [-0.15, -0.1) is 0 Å². The summed E-state index contributed by atoms with van der Waals surface area (Å²) in [6, 6.07) is 5.40. The van der Waals surface area contributed by atoms with Crippen LogP contribution in [-0.4, -0.2) is 26.0 Å². The van der Waals surface area contributed by atoms with Gasteiger partial charge in [-0.05, 0) is 30.0 Å². The molecule has 2 rings (SSSR count). The maximum atomic E-state index is 10.2. The zero-order chi connectivity index (χ0) is 15.4. The molecule has 1 atom stereocenters. The SMILES string of the molecule is CC(C)Cn1ncnc1CC(O)Cc1ccc(Cl)c(Cl)c1. The molecule has 4 nitrogen and oxygen atoms in total. The van der Waals surface area contributed by atoms with Crippen LogP contribution in [0.3, 0.4) is 0 Å². The van der Waals surface area contributed by atoms with Gasteiger partial charge in [0.25, 0.3) is 0 Å². The quantitative estimate of drug-likeness (QED) is 0.884. The summed E-state index contributed by atoms with van der Waals surface area (Å²) in [5.74, 6) is 1.29. The van der Waals surface area contributed by atoms with Gasteiger partial charge >= 0.3 is 0 Å². The first-order valence-electron chi connectivity index (χ1n) is 6.94. The highest BCUT2D eigenvalue weighted by Gasteiger charge is 2.13. The molecule has 0 saturated heterocycles. The Balaban J connectivity index is 1.99. The van der Waals surface area contributed by atoms with Gasteiger partial charge in [-0.3, -0.25) is 0 Å². The zero-order valence-electron chi connectivity index (χ0n) is 12.1. The van der Waals surface area contributed by atoms with Crippen LogP contribution in [0.25, 0.3) is 0 Å². The molecule has 114 valence electrons.